The topological polar surface area (TPSA) is 77.2 Å². The minimum absolute atomic E-state index is 0.592. The first kappa shape index (κ1) is 14.2. The van der Waals surface area contributed by atoms with Crippen LogP contribution in [-0.4, -0.2) is 31.9 Å². The molecule has 0 radical (unpaired) electrons. The van der Waals surface area contributed by atoms with Crippen LogP contribution in [0.2, 0.25) is 0 Å². The van der Waals surface area contributed by atoms with Gasteiger partial charge < -0.3 is 10.1 Å². The van der Waals surface area contributed by atoms with E-state index in [1.54, 1.807) is 18.0 Å². The summed E-state index contributed by atoms with van der Waals surface area (Å²) < 4.78 is 7.06. The third-order valence-corrected chi connectivity index (χ3v) is 3.48. The van der Waals surface area contributed by atoms with Crippen molar-refractivity contribution in [3.05, 3.63) is 41.0 Å². The maximum Gasteiger partial charge on any atom is 0.218 e. The Morgan fingerprint density at radius 1 is 1.18 bits per heavy atom. The Bertz CT molecular complexity index is 826. The van der Waals surface area contributed by atoms with Gasteiger partial charge in [0.1, 0.15) is 6.33 Å². The quantitative estimate of drug-likeness (QED) is 0.794. The van der Waals surface area contributed by atoms with E-state index < -0.39 is 0 Å². The summed E-state index contributed by atoms with van der Waals surface area (Å²) in [6, 6.07) is 4.00. The highest BCUT2D eigenvalue weighted by molar-refractivity contribution is 5.66. The molecule has 0 atom stereocenters. The molecule has 114 valence electrons. The van der Waals surface area contributed by atoms with Gasteiger partial charge in [-0.05, 0) is 38.5 Å². The predicted molar refractivity (Wildman–Crippen MR) is 83.1 cm³/mol. The van der Waals surface area contributed by atoms with Gasteiger partial charge in [0.25, 0.3) is 0 Å². The maximum absolute atomic E-state index is 5.39. The maximum atomic E-state index is 5.39. The van der Waals surface area contributed by atoms with Crippen LogP contribution in [-0.2, 0) is 6.54 Å². The normalized spacial score (nSPS) is 10.9. The zero-order chi connectivity index (χ0) is 15.7. The van der Waals surface area contributed by atoms with Crippen molar-refractivity contribution in [1.82, 2.24) is 24.8 Å². The van der Waals surface area contributed by atoms with Gasteiger partial charge in [0, 0.05) is 17.8 Å². The number of aryl methyl sites for hydroxylation is 3. The number of pyridine rings is 1. The summed E-state index contributed by atoms with van der Waals surface area (Å²) in [4.78, 5) is 4.43. The molecule has 0 amide bonds. The first-order valence-corrected chi connectivity index (χ1v) is 7.01. The summed E-state index contributed by atoms with van der Waals surface area (Å²) >= 11 is 0. The molecular weight excluding hydrogens is 280 g/mol. The lowest BCUT2D eigenvalue weighted by Crippen LogP contribution is -2.08. The van der Waals surface area contributed by atoms with E-state index in [1.165, 1.54) is 0 Å². The van der Waals surface area contributed by atoms with Gasteiger partial charge in [-0.3, -0.25) is 0 Å². The van der Waals surface area contributed by atoms with E-state index in [-0.39, 0.29) is 0 Å². The molecule has 0 saturated carbocycles. The minimum atomic E-state index is 0.592. The molecule has 1 N–H and O–H groups in total. The van der Waals surface area contributed by atoms with E-state index in [9.17, 15) is 0 Å². The molecule has 22 heavy (non-hydrogen) atoms. The van der Waals surface area contributed by atoms with Crippen LogP contribution in [0.25, 0.3) is 5.65 Å². The molecule has 3 rings (SSSR count). The molecule has 0 aliphatic carbocycles. The average molecular weight is 298 g/mol. The van der Waals surface area contributed by atoms with E-state index in [2.05, 4.69) is 32.5 Å². The van der Waals surface area contributed by atoms with Gasteiger partial charge in [-0.15, -0.1) is 10.2 Å². The smallest absolute Gasteiger partial charge is 0.218 e. The molecule has 0 spiro atoms. The van der Waals surface area contributed by atoms with Crippen LogP contribution in [0.15, 0.2) is 18.5 Å². The van der Waals surface area contributed by atoms with Crippen molar-refractivity contribution in [2.45, 2.75) is 27.3 Å². The van der Waals surface area contributed by atoms with Gasteiger partial charge in [0.2, 0.25) is 11.5 Å². The standard InChI is InChI=1S/C15H18N6O/c1-9-5-10(2)18-15(22-4)12(9)7-16-13-6-11(3)20-21-8-17-19-14(13)21/h5-6,8,16H,7H2,1-4H3. The van der Waals surface area contributed by atoms with Gasteiger partial charge in [-0.1, -0.05) is 0 Å². The number of methoxy groups -OCH3 is 1. The third-order valence-electron chi connectivity index (χ3n) is 3.48. The Kier molecular flexibility index (Phi) is 3.62. The lowest BCUT2D eigenvalue weighted by molar-refractivity contribution is 0.391. The first-order chi connectivity index (χ1) is 10.6. The van der Waals surface area contributed by atoms with Gasteiger partial charge in [-0.2, -0.15) is 9.61 Å². The lowest BCUT2D eigenvalue weighted by Gasteiger charge is -2.14. The number of nitrogens with zero attached hydrogens (tertiary/aromatic N) is 5. The number of aromatic nitrogens is 5. The summed E-state index contributed by atoms with van der Waals surface area (Å²) in [7, 11) is 1.64. The van der Waals surface area contributed by atoms with Gasteiger partial charge in [-0.25, -0.2) is 4.98 Å². The monoisotopic (exact) mass is 298 g/mol. The summed E-state index contributed by atoms with van der Waals surface area (Å²) in [6.07, 6.45) is 1.59. The van der Waals surface area contributed by atoms with Crippen molar-refractivity contribution in [2.75, 3.05) is 12.4 Å². The number of rotatable bonds is 4. The van der Waals surface area contributed by atoms with Gasteiger partial charge >= 0.3 is 0 Å². The molecular formula is C15H18N6O. The second-order valence-electron chi connectivity index (χ2n) is 5.22. The number of hydrogen-bond acceptors (Lipinski definition) is 6. The highest BCUT2D eigenvalue weighted by Gasteiger charge is 2.11. The van der Waals surface area contributed by atoms with E-state index in [0.717, 1.165) is 28.2 Å². The second kappa shape index (κ2) is 5.59. The van der Waals surface area contributed by atoms with Crippen molar-refractivity contribution in [1.29, 1.82) is 0 Å². The fourth-order valence-electron chi connectivity index (χ4n) is 2.48. The SMILES string of the molecule is COc1nc(C)cc(C)c1CNc1cc(C)nn2cnnc12. The second-order valence-corrected chi connectivity index (χ2v) is 5.22. The predicted octanol–water partition coefficient (Wildman–Crippen LogP) is 2.07. The summed E-state index contributed by atoms with van der Waals surface area (Å²) in [5.74, 6) is 0.647. The van der Waals surface area contributed by atoms with Crippen LogP contribution in [0.4, 0.5) is 5.69 Å². The number of fused-ring (bicyclic) bond motifs is 1. The fraction of sp³-hybridized carbons (Fsp3) is 0.333. The highest BCUT2D eigenvalue weighted by Crippen LogP contribution is 2.23. The lowest BCUT2D eigenvalue weighted by atomic mass is 10.1. The minimum Gasteiger partial charge on any atom is -0.481 e. The largest absolute Gasteiger partial charge is 0.481 e. The fourth-order valence-corrected chi connectivity index (χ4v) is 2.48. The molecule has 7 heteroatoms. The van der Waals surface area contributed by atoms with Gasteiger partial charge in [0.05, 0.1) is 18.5 Å². The molecule has 3 aromatic heterocycles. The van der Waals surface area contributed by atoms with Gasteiger partial charge in [0.15, 0.2) is 0 Å². The average Bonchev–Trinajstić information content (AvgIpc) is 2.93. The highest BCUT2D eigenvalue weighted by atomic mass is 16.5. The molecule has 0 aliphatic heterocycles. The number of nitrogens with one attached hydrogen (secondary N) is 1. The van der Waals surface area contributed by atoms with Crippen LogP contribution in [0, 0.1) is 20.8 Å². The first-order valence-electron chi connectivity index (χ1n) is 7.01. The molecule has 3 aromatic rings. The van der Waals surface area contributed by atoms with Crippen molar-refractivity contribution in [3.8, 4) is 5.88 Å². The van der Waals surface area contributed by atoms with Crippen LogP contribution in [0.3, 0.4) is 0 Å². The summed E-state index contributed by atoms with van der Waals surface area (Å²) in [6.45, 7) is 6.54. The third kappa shape index (κ3) is 2.57. The molecule has 7 nitrogen and oxygen atoms in total. The molecule has 0 aromatic carbocycles. The Hall–Kier alpha value is -2.70. The molecule has 3 heterocycles. The van der Waals surface area contributed by atoms with Crippen molar-refractivity contribution < 1.29 is 4.74 Å². The molecule has 0 unspecified atom stereocenters. The van der Waals surface area contributed by atoms with E-state index in [1.807, 2.05) is 26.0 Å². The van der Waals surface area contributed by atoms with Crippen LogP contribution in [0.1, 0.15) is 22.5 Å². The van der Waals surface area contributed by atoms with E-state index >= 15 is 0 Å². The Labute approximate surface area is 128 Å². The van der Waals surface area contributed by atoms with Crippen LogP contribution >= 0.6 is 0 Å². The summed E-state index contributed by atoms with van der Waals surface area (Å²) in [5, 5.41) is 15.7. The Morgan fingerprint density at radius 3 is 2.77 bits per heavy atom. The van der Waals surface area contributed by atoms with Crippen LogP contribution in [0.5, 0.6) is 5.88 Å². The molecule has 0 fully saturated rings. The number of anilines is 1. The van der Waals surface area contributed by atoms with Crippen molar-refractivity contribution >= 4 is 11.3 Å². The number of ether oxygens (including phenoxy) is 1. The van der Waals surface area contributed by atoms with E-state index in [0.29, 0.717) is 18.1 Å². The number of hydrogen-bond donors (Lipinski definition) is 1. The molecule has 0 aliphatic rings. The van der Waals surface area contributed by atoms with Crippen LogP contribution < -0.4 is 10.1 Å². The zero-order valence-corrected chi connectivity index (χ0v) is 13.1. The molecule has 0 saturated heterocycles. The summed E-state index contributed by atoms with van der Waals surface area (Å²) in [5.41, 5.74) is 5.58. The van der Waals surface area contributed by atoms with Crippen molar-refractivity contribution in [3.63, 3.8) is 0 Å². The van der Waals surface area contributed by atoms with E-state index in [4.69, 9.17) is 4.74 Å². The van der Waals surface area contributed by atoms with Crippen molar-refractivity contribution in [2.24, 2.45) is 0 Å². The Morgan fingerprint density at radius 2 is 2.00 bits per heavy atom. The zero-order valence-electron chi connectivity index (χ0n) is 13.1. The molecule has 0 bridgehead atoms. The Balaban J connectivity index is 1.93.